The minimum Gasteiger partial charge on any atom is -0.488 e. The van der Waals surface area contributed by atoms with E-state index in [1.807, 2.05) is 0 Å². The van der Waals surface area contributed by atoms with Gasteiger partial charge in [-0.3, -0.25) is 9.78 Å². The number of hydrogen-bond donors (Lipinski definition) is 1. The molecule has 0 spiro atoms. The molecule has 0 saturated carbocycles. The Hall–Kier alpha value is -2.61. The molecule has 0 aliphatic carbocycles. The van der Waals surface area contributed by atoms with Crippen LogP contribution >= 0.6 is 0 Å². The van der Waals surface area contributed by atoms with E-state index >= 15 is 0 Å². The molecule has 1 fully saturated rings. The number of carbonyl (C=O) groups is 1. The van der Waals surface area contributed by atoms with Crippen molar-refractivity contribution in [2.75, 3.05) is 18.5 Å². The molecule has 1 N–H and O–H groups in total. The standard InChI is InChI=1S/C17H15F3N2O3/c18-17(19,20)12-6-13(22-16(23)11-2-1-4-21-9-11)8-15(7-12)25-14-3-5-24-10-14/h1-2,4,6-9,14H,3,5,10H2,(H,22,23). The van der Waals surface area contributed by atoms with Crippen LogP contribution < -0.4 is 10.1 Å². The zero-order chi connectivity index (χ0) is 17.9. The highest BCUT2D eigenvalue weighted by molar-refractivity contribution is 6.04. The number of hydrogen-bond acceptors (Lipinski definition) is 4. The summed E-state index contributed by atoms with van der Waals surface area (Å²) in [4.78, 5) is 15.9. The lowest BCUT2D eigenvalue weighted by molar-refractivity contribution is -0.137. The molecule has 8 heteroatoms. The number of amides is 1. The van der Waals surface area contributed by atoms with Gasteiger partial charge < -0.3 is 14.8 Å². The van der Waals surface area contributed by atoms with E-state index in [2.05, 4.69) is 10.3 Å². The first-order valence-electron chi connectivity index (χ1n) is 7.60. The summed E-state index contributed by atoms with van der Waals surface area (Å²) < 4.78 is 50.1. The highest BCUT2D eigenvalue weighted by Crippen LogP contribution is 2.35. The first kappa shape index (κ1) is 17.2. The quantitative estimate of drug-likeness (QED) is 0.915. The fourth-order valence-electron chi connectivity index (χ4n) is 2.40. The second-order valence-corrected chi connectivity index (χ2v) is 5.54. The van der Waals surface area contributed by atoms with Crippen molar-refractivity contribution in [1.82, 2.24) is 4.98 Å². The van der Waals surface area contributed by atoms with Gasteiger partial charge in [-0.05, 0) is 24.3 Å². The Morgan fingerprint density at radius 2 is 2.16 bits per heavy atom. The molecule has 1 aliphatic rings. The third kappa shape index (κ3) is 4.48. The van der Waals surface area contributed by atoms with E-state index in [0.29, 0.717) is 19.6 Å². The number of benzene rings is 1. The maximum atomic E-state index is 13.1. The van der Waals surface area contributed by atoms with Crippen molar-refractivity contribution in [3.63, 3.8) is 0 Å². The van der Waals surface area contributed by atoms with Crippen molar-refractivity contribution in [2.24, 2.45) is 0 Å². The van der Waals surface area contributed by atoms with Gasteiger partial charge in [-0.25, -0.2) is 0 Å². The Morgan fingerprint density at radius 3 is 2.80 bits per heavy atom. The molecule has 1 amide bonds. The lowest BCUT2D eigenvalue weighted by Gasteiger charge is -2.16. The number of nitrogens with one attached hydrogen (secondary N) is 1. The number of rotatable bonds is 4. The van der Waals surface area contributed by atoms with Gasteiger partial charge in [0.1, 0.15) is 11.9 Å². The van der Waals surface area contributed by atoms with E-state index in [4.69, 9.17) is 9.47 Å². The van der Waals surface area contributed by atoms with Crippen LogP contribution in [0, 0.1) is 0 Å². The summed E-state index contributed by atoms with van der Waals surface area (Å²) in [7, 11) is 0. The molecule has 0 bridgehead atoms. The van der Waals surface area contributed by atoms with Crippen LogP contribution in [0.15, 0.2) is 42.7 Å². The van der Waals surface area contributed by atoms with Crippen LogP contribution in [0.5, 0.6) is 5.75 Å². The van der Waals surface area contributed by atoms with Crippen molar-refractivity contribution in [2.45, 2.75) is 18.7 Å². The molecule has 2 heterocycles. The van der Waals surface area contributed by atoms with Gasteiger partial charge in [0.25, 0.3) is 5.91 Å². The van der Waals surface area contributed by atoms with Crippen LogP contribution in [0.4, 0.5) is 18.9 Å². The molecule has 1 saturated heterocycles. The van der Waals surface area contributed by atoms with Crippen LogP contribution in [0.2, 0.25) is 0 Å². The van der Waals surface area contributed by atoms with Crippen molar-refractivity contribution in [1.29, 1.82) is 0 Å². The van der Waals surface area contributed by atoms with E-state index in [1.165, 1.54) is 24.5 Å². The van der Waals surface area contributed by atoms with Gasteiger partial charge in [0.05, 0.1) is 24.3 Å². The number of aromatic nitrogens is 1. The van der Waals surface area contributed by atoms with E-state index < -0.39 is 17.6 Å². The average Bonchev–Trinajstić information content (AvgIpc) is 3.07. The maximum absolute atomic E-state index is 13.1. The molecule has 1 aromatic heterocycles. The molecule has 3 rings (SSSR count). The van der Waals surface area contributed by atoms with Crippen LogP contribution in [0.3, 0.4) is 0 Å². The van der Waals surface area contributed by atoms with E-state index in [9.17, 15) is 18.0 Å². The predicted octanol–water partition coefficient (Wildman–Crippen LogP) is 3.52. The van der Waals surface area contributed by atoms with Crippen LogP contribution in [-0.4, -0.2) is 30.2 Å². The van der Waals surface area contributed by atoms with Gasteiger partial charge in [-0.15, -0.1) is 0 Å². The molecule has 132 valence electrons. The second kappa shape index (κ2) is 7.10. The Morgan fingerprint density at radius 1 is 1.32 bits per heavy atom. The lowest BCUT2D eigenvalue weighted by Crippen LogP contribution is -2.17. The average molecular weight is 352 g/mol. The SMILES string of the molecule is O=C(Nc1cc(OC2CCOC2)cc(C(F)(F)F)c1)c1cccnc1. The van der Waals surface area contributed by atoms with Gasteiger partial charge in [0, 0.05) is 30.6 Å². The first-order chi connectivity index (χ1) is 11.9. The highest BCUT2D eigenvalue weighted by atomic mass is 19.4. The molecular formula is C17H15F3N2O3. The molecule has 25 heavy (non-hydrogen) atoms. The molecule has 1 atom stereocenters. The zero-order valence-corrected chi connectivity index (χ0v) is 13.0. The van der Waals surface area contributed by atoms with Crippen molar-refractivity contribution in [3.05, 3.63) is 53.9 Å². The number of nitrogens with zero attached hydrogens (tertiary/aromatic N) is 1. The van der Waals surface area contributed by atoms with Crippen molar-refractivity contribution in [3.8, 4) is 5.75 Å². The molecule has 2 aromatic rings. The Bertz CT molecular complexity index is 745. The lowest BCUT2D eigenvalue weighted by atomic mass is 10.1. The number of anilines is 1. The highest BCUT2D eigenvalue weighted by Gasteiger charge is 2.32. The van der Waals surface area contributed by atoms with Crippen molar-refractivity contribution >= 4 is 11.6 Å². The normalized spacial score (nSPS) is 17.3. The minimum atomic E-state index is -4.56. The number of carbonyl (C=O) groups excluding carboxylic acids is 1. The zero-order valence-electron chi connectivity index (χ0n) is 13.0. The molecule has 1 unspecified atom stereocenters. The van der Waals surface area contributed by atoms with E-state index in [1.54, 1.807) is 6.07 Å². The number of alkyl halides is 3. The summed E-state index contributed by atoms with van der Waals surface area (Å²) in [6, 6.07) is 6.23. The number of halogens is 3. The van der Waals surface area contributed by atoms with Gasteiger partial charge in [-0.2, -0.15) is 13.2 Å². The Balaban J connectivity index is 1.85. The monoisotopic (exact) mass is 352 g/mol. The summed E-state index contributed by atoms with van der Waals surface area (Å²) in [5.74, 6) is -0.519. The van der Waals surface area contributed by atoms with E-state index in [0.717, 1.165) is 12.1 Å². The summed E-state index contributed by atoms with van der Waals surface area (Å²) in [6.45, 7) is 0.835. The second-order valence-electron chi connectivity index (χ2n) is 5.54. The summed E-state index contributed by atoms with van der Waals surface area (Å²) in [5.41, 5.74) is -0.658. The van der Waals surface area contributed by atoms with Gasteiger partial charge in [0.2, 0.25) is 0 Å². The molecule has 1 aliphatic heterocycles. The molecular weight excluding hydrogens is 337 g/mol. The smallest absolute Gasteiger partial charge is 0.416 e. The fourth-order valence-corrected chi connectivity index (χ4v) is 2.40. The summed E-state index contributed by atoms with van der Waals surface area (Å²) in [5, 5.41) is 2.45. The topological polar surface area (TPSA) is 60.5 Å². The summed E-state index contributed by atoms with van der Waals surface area (Å²) >= 11 is 0. The largest absolute Gasteiger partial charge is 0.488 e. The summed E-state index contributed by atoms with van der Waals surface area (Å²) in [6.07, 6.45) is -1.43. The number of ether oxygens (including phenoxy) is 2. The molecule has 1 aromatic carbocycles. The van der Waals surface area contributed by atoms with Gasteiger partial charge in [0.15, 0.2) is 0 Å². The first-order valence-corrected chi connectivity index (χ1v) is 7.60. The minimum absolute atomic E-state index is 0.00223. The third-order valence-electron chi connectivity index (χ3n) is 3.61. The van der Waals surface area contributed by atoms with Crippen LogP contribution in [-0.2, 0) is 10.9 Å². The number of pyridine rings is 1. The maximum Gasteiger partial charge on any atom is 0.416 e. The van der Waals surface area contributed by atoms with Crippen LogP contribution in [0.1, 0.15) is 22.3 Å². The molecule has 5 nitrogen and oxygen atoms in total. The fraction of sp³-hybridized carbons (Fsp3) is 0.294. The van der Waals surface area contributed by atoms with Gasteiger partial charge in [-0.1, -0.05) is 0 Å². The van der Waals surface area contributed by atoms with Gasteiger partial charge >= 0.3 is 6.18 Å². The van der Waals surface area contributed by atoms with Crippen molar-refractivity contribution < 1.29 is 27.4 Å². The third-order valence-corrected chi connectivity index (χ3v) is 3.61. The predicted molar refractivity (Wildman–Crippen MR) is 83.5 cm³/mol. The molecule has 0 radical (unpaired) electrons. The Labute approximate surface area is 141 Å². The Kier molecular flexibility index (Phi) is 4.89. The van der Waals surface area contributed by atoms with E-state index in [-0.39, 0.29) is 23.1 Å². The van der Waals surface area contributed by atoms with Crippen LogP contribution in [0.25, 0.3) is 0 Å².